The first kappa shape index (κ1) is 17.4. The van der Waals surface area contributed by atoms with Gasteiger partial charge in [-0.2, -0.15) is 0 Å². The Kier molecular flexibility index (Phi) is 6.14. The van der Waals surface area contributed by atoms with Crippen LogP contribution >= 0.6 is 11.3 Å². The molecule has 0 radical (unpaired) electrons. The second-order valence-electron chi connectivity index (χ2n) is 5.68. The van der Waals surface area contributed by atoms with Gasteiger partial charge in [0.15, 0.2) is 5.13 Å². The Hall–Kier alpha value is -1.63. The summed E-state index contributed by atoms with van der Waals surface area (Å²) >= 11 is 1.26. The number of hydrogen-bond acceptors (Lipinski definition) is 5. The number of nitrogens with zero attached hydrogens (tertiary/aromatic N) is 2. The van der Waals surface area contributed by atoms with Gasteiger partial charge < -0.3 is 9.84 Å². The molecule has 1 aromatic heterocycles. The van der Waals surface area contributed by atoms with Gasteiger partial charge in [0.25, 0.3) is 0 Å². The van der Waals surface area contributed by atoms with Gasteiger partial charge in [0.2, 0.25) is 0 Å². The Morgan fingerprint density at radius 1 is 1.43 bits per heavy atom. The van der Waals surface area contributed by atoms with Gasteiger partial charge in [0.1, 0.15) is 5.60 Å². The molecule has 0 aliphatic heterocycles. The molecule has 0 spiro atoms. The smallest absolute Gasteiger partial charge is 0.416 e. The van der Waals surface area contributed by atoms with Gasteiger partial charge in [-0.15, -0.1) is 11.3 Å². The first-order valence-corrected chi connectivity index (χ1v) is 7.77. The van der Waals surface area contributed by atoms with Crippen molar-refractivity contribution in [1.29, 1.82) is 0 Å². The van der Waals surface area contributed by atoms with E-state index in [-0.39, 0.29) is 6.42 Å². The summed E-state index contributed by atoms with van der Waals surface area (Å²) in [5, 5.41) is 10.9. The highest BCUT2D eigenvalue weighted by Crippen LogP contribution is 2.23. The zero-order valence-electron chi connectivity index (χ0n) is 12.9. The largest absolute Gasteiger partial charge is 0.481 e. The topological polar surface area (TPSA) is 79.7 Å². The van der Waals surface area contributed by atoms with Crippen LogP contribution in [-0.4, -0.2) is 34.3 Å². The number of rotatable bonds is 6. The van der Waals surface area contributed by atoms with Gasteiger partial charge in [0, 0.05) is 11.9 Å². The maximum Gasteiger partial charge on any atom is 0.416 e. The standard InChI is InChI=1S/C14H22N2O4S/c1-5-6-7-16(13(19)20-14(2,3)4)12-15-10(9-21-12)8-11(17)18/h9H,5-8H2,1-4H3,(H,17,18). The van der Waals surface area contributed by atoms with Crippen molar-refractivity contribution in [2.45, 2.75) is 52.6 Å². The molecular weight excluding hydrogens is 292 g/mol. The summed E-state index contributed by atoms with van der Waals surface area (Å²) in [6.45, 7) is 7.96. The predicted octanol–water partition coefficient (Wildman–Crippen LogP) is 3.31. The van der Waals surface area contributed by atoms with E-state index in [1.165, 1.54) is 16.2 Å². The molecule has 0 aliphatic carbocycles. The lowest BCUT2D eigenvalue weighted by molar-refractivity contribution is -0.136. The monoisotopic (exact) mass is 314 g/mol. The van der Waals surface area contributed by atoms with Gasteiger partial charge in [-0.05, 0) is 27.2 Å². The van der Waals surface area contributed by atoms with Crippen molar-refractivity contribution < 1.29 is 19.4 Å². The molecule has 1 aromatic rings. The summed E-state index contributed by atoms with van der Waals surface area (Å²) in [6.07, 6.45) is 1.17. The molecule has 0 aromatic carbocycles. The summed E-state index contributed by atoms with van der Waals surface area (Å²) in [7, 11) is 0. The third kappa shape index (κ3) is 6.12. The number of thiazole rings is 1. The number of ether oxygens (including phenoxy) is 1. The maximum atomic E-state index is 12.3. The van der Waals surface area contributed by atoms with Crippen LogP contribution in [0.4, 0.5) is 9.93 Å². The van der Waals surface area contributed by atoms with Crippen molar-refractivity contribution in [3.63, 3.8) is 0 Å². The summed E-state index contributed by atoms with van der Waals surface area (Å²) in [4.78, 5) is 28.6. The molecule has 0 saturated heterocycles. The maximum absolute atomic E-state index is 12.3. The van der Waals surface area contributed by atoms with E-state index in [1.54, 1.807) is 26.2 Å². The average Bonchev–Trinajstić information content (AvgIpc) is 2.74. The van der Waals surface area contributed by atoms with Crippen molar-refractivity contribution in [1.82, 2.24) is 4.98 Å². The van der Waals surface area contributed by atoms with Gasteiger partial charge in [0.05, 0.1) is 12.1 Å². The Balaban J connectivity index is 2.88. The van der Waals surface area contributed by atoms with Crippen molar-refractivity contribution in [2.24, 2.45) is 0 Å². The highest BCUT2D eigenvalue weighted by atomic mass is 32.1. The number of carboxylic acid groups (broad SMARTS) is 1. The van der Waals surface area contributed by atoms with Gasteiger partial charge in [-0.1, -0.05) is 13.3 Å². The number of hydrogen-bond donors (Lipinski definition) is 1. The first-order valence-electron chi connectivity index (χ1n) is 6.89. The third-order valence-corrected chi connectivity index (χ3v) is 3.36. The molecule has 21 heavy (non-hydrogen) atoms. The minimum absolute atomic E-state index is 0.146. The van der Waals surface area contributed by atoms with Crippen LogP contribution in [0, 0.1) is 0 Å². The fourth-order valence-corrected chi connectivity index (χ4v) is 2.40. The zero-order chi connectivity index (χ0) is 16.0. The Morgan fingerprint density at radius 2 is 2.10 bits per heavy atom. The number of anilines is 1. The highest BCUT2D eigenvalue weighted by Gasteiger charge is 2.25. The van der Waals surface area contributed by atoms with E-state index in [0.29, 0.717) is 17.4 Å². The fourth-order valence-electron chi connectivity index (χ4n) is 1.55. The van der Waals surface area contributed by atoms with E-state index in [2.05, 4.69) is 4.98 Å². The molecule has 1 N–H and O–H groups in total. The second kappa shape index (κ2) is 7.40. The Morgan fingerprint density at radius 3 is 2.62 bits per heavy atom. The molecule has 1 heterocycles. The van der Waals surface area contributed by atoms with E-state index in [4.69, 9.17) is 9.84 Å². The van der Waals surface area contributed by atoms with E-state index >= 15 is 0 Å². The van der Waals surface area contributed by atoms with Crippen LogP contribution in [0.3, 0.4) is 0 Å². The van der Waals surface area contributed by atoms with Crippen LogP contribution in [0.2, 0.25) is 0 Å². The van der Waals surface area contributed by atoms with E-state index in [9.17, 15) is 9.59 Å². The average molecular weight is 314 g/mol. The molecule has 0 bridgehead atoms. The van der Waals surface area contributed by atoms with E-state index in [1.807, 2.05) is 6.92 Å². The Bertz CT molecular complexity index is 493. The number of carbonyl (C=O) groups is 2. The number of carbonyl (C=O) groups excluding carboxylic acids is 1. The minimum Gasteiger partial charge on any atom is -0.481 e. The lowest BCUT2D eigenvalue weighted by Gasteiger charge is -2.25. The second-order valence-corrected chi connectivity index (χ2v) is 6.51. The van der Waals surface area contributed by atoms with Crippen LogP contribution in [0.25, 0.3) is 0 Å². The molecule has 1 amide bonds. The molecule has 7 heteroatoms. The van der Waals surface area contributed by atoms with Crippen LogP contribution in [0.15, 0.2) is 5.38 Å². The Labute approximate surface area is 128 Å². The number of aliphatic carboxylic acids is 1. The first-order chi connectivity index (χ1) is 9.73. The molecule has 0 unspecified atom stereocenters. The van der Waals surface area contributed by atoms with Gasteiger partial charge >= 0.3 is 12.1 Å². The lowest BCUT2D eigenvalue weighted by Crippen LogP contribution is -2.37. The lowest BCUT2D eigenvalue weighted by atomic mass is 10.2. The summed E-state index contributed by atoms with van der Waals surface area (Å²) in [5.74, 6) is -0.941. The normalized spacial score (nSPS) is 11.2. The molecule has 0 aliphatic rings. The SMILES string of the molecule is CCCCN(C(=O)OC(C)(C)C)c1nc(CC(=O)O)cs1. The summed E-state index contributed by atoms with van der Waals surface area (Å²) in [6, 6.07) is 0. The van der Waals surface area contributed by atoms with Crippen LogP contribution in [0.5, 0.6) is 0 Å². The van der Waals surface area contributed by atoms with Crippen LogP contribution in [0.1, 0.15) is 46.2 Å². The minimum atomic E-state index is -0.941. The van der Waals surface area contributed by atoms with Gasteiger partial charge in [-0.3, -0.25) is 9.69 Å². The third-order valence-electron chi connectivity index (χ3n) is 2.45. The van der Waals surface area contributed by atoms with Crippen molar-refractivity contribution in [3.8, 4) is 0 Å². The fraction of sp³-hybridized carbons (Fsp3) is 0.643. The highest BCUT2D eigenvalue weighted by molar-refractivity contribution is 7.14. The number of amides is 1. The summed E-state index contributed by atoms with van der Waals surface area (Å²) in [5.41, 5.74) is -0.129. The zero-order valence-corrected chi connectivity index (χ0v) is 13.7. The number of carboxylic acids is 1. The van der Waals surface area contributed by atoms with Crippen molar-refractivity contribution in [3.05, 3.63) is 11.1 Å². The molecule has 6 nitrogen and oxygen atoms in total. The molecule has 118 valence electrons. The molecular formula is C14H22N2O4S. The molecule has 0 atom stereocenters. The number of unbranched alkanes of at least 4 members (excludes halogenated alkanes) is 1. The van der Waals surface area contributed by atoms with Crippen LogP contribution < -0.4 is 4.90 Å². The molecule has 0 saturated carbocycles. The van der Waals surface area contributed by atoms with Crippen LogP contribution in [-0.2, 0) is 16.0 Å². The summed E-state index contributed by atoms with van der Waals surface area (Å²) < 4.78 is 5.38. The quantitative estimate of drug-likeness (QED) is 0.871. The van der Waals surface area contributed by atoms with E-state index < -0.39 is 17.7 Å². The van der Waals surface area contributed by atoms with Crippen molar-refractivity contribution in [2.75, 3.05) is 11.4 Å². The molecule has 0 fully saturated rings. The number of aromatic nitrogens is 1. The van der Waals surface area contributed by atoms with Crippen molar-refractivity contribution >= 4 is 28.5 Å². The molecule has 1 rings (SSSR count). The predicted molar refractivity (Wildman–Crippen MR) is 81.9 cm³/mol. The van der Waals surface area contributed by atoms with E-state index in [0.717, 1.165) is 12.8 Å². The van der Waals surface area contributed by atoms with Gasteiger partial charge in [-0.25, -0.2) is 9.78 Å².